The second kappa shape index (κ2) is 6.10. The number of nitrogens with zero attached hydrogens (tertiary/aromatic N) is 1. The van der Waals surface area contributed by atoms with Crippen molar-refractivity contribution in [1.82, 2.24) is 10.2 Å². The van der Waals surface area contributed by atoms with E-state index in [1.165, 1.54) is 0 Å². The van der Waals surface area contributed by atoms with Gasteiger partial charge in [0.05, 0.1) is 0 Å². The van der Waals surface area contributed by atoms with Crippen LogP contribution in [0.4, 0.5) is 4.79 Å². The third-order valence-electron chi connectivity index (χ3n) is 2.78. The average Bonchev–Trinajstić information content (AvgIpc) is 2.63. The molecule has 1 saturated heterocycles. The Balaban J connectivity index is 2.37. The predicted molar refractivity (Wildman–Crippen MR) is 72.3 cm³/mol. The first-order chi connectivity index (χ1) is 8.31. The number of rotatable bonds is 3. The van der Waals surface area contributed by atoms with Gasteiger partial charge >= 0.3 is 6.09 Å². The van der Waals surface area contributed by atoms with Crippen LogP contribution < -0.4 is 5.32 Å². The predicted octanol–water partition coefficient (Wildman–Crippen LogP) is 2.00. The van der Waals surface area contributed by atoms with E-state index in [1.807, 2.05) is 20.8 Å². The third kappa shape index (κ3) is 4.97. The molecule has 1 rings (SSSR count). The quantitative estimate of drug-likeness (QED) is 0.781. The first-order valence-corrected chi connectivity index (χ1v) is 6.49. The van der Waals surface area contributed by atoms with Crippen molar-refractivity contribution in [3.8, 4) is 12.3 Å². The molecule has 102 valence electrons. The fourth-order valence-corrected chi connectivity index (χ4v) is 2.03. The van der Waals surface area contributed by atoms with Gasteiger partial charge in [-0.05, 0) is 34.1 Å². The molecular weight excluding hydrogens is 228 g/mol. The molecule has 1 heterocycles. The molecule has 0 bridgehead atoms. The zero-order chi connectivity index (χ0) is 13.8. The van der Waals surface area contributed by atoms with Crippen molar-refractivity contribution in [1.29, 1.82) is 0 Å². The van der Waals surface area contributed by atoms with Crippen molar-refractivity contribution < 1.29 is 9.53 Å². The highest BCUT2D eigenvalue weighted by atomic mass is 16.6. The largest absolute Gasteiger partial charge is 0.444 e. The van der Waals surface area contributed by atoms with Crippen LogP contribution in [-0.4, -0.2) is 41.8 Å². The maximum atomic E-state index is 11.9. The molecule has 0 aromatic rings. The van der Waals surface area contributed by atoms with Crippen LogP contribution in [0, 0.1) is 12.3 Å². The van der Waals surface area contributed by atoms with E-state index in [-0.39, 0.29) is 6.09 Å². The summed E-state index contributed by atoms with van der Waals surface area (Å²) in [6.45, 7) is 9.15. The molecule has 2 atom stereocenters. The Hall–Kier alpha value is -1.21. The highest BCUT2D eigenvalue weighted by Gasteiger charge is 2.29. The van der Waals surface area contributed by atoms with Gasteiger partial charge in [0.25, 0.3) is 0 Å². The summed E-state index contributed by atoms with van der Waals surface area (Å²) in [6.07, 6.45) is 6.71. The normalized spacial score (nSPS) is 21.5. The van der Waals surface area contributed by atoms with Crippen molar-refractivity contribution in [3.05, 3.63) is 0 Å². The maximum absolute atomic E-state index is 11.9. The summed E-state index contributed by atoms with van der Waals surface area (Å²) >= 11 is 0. The molecule has 0 aromatic heterocycles. The summed E-state index contributed by atoms with van der Waals surface area (Å²) in [4.78, 5) is 13.6. The fourth-order valence-electron chi connectivity index (χ4n) is 2.03. The molecule has 2 unspecified atom stereocenters. The van der Waals surface area contributed by atoms with Gasteiger partial charge in [-0.25, -0.2) is 4.79 Å². The highest BCUT2D eigenvalue weighted by molar-refractivity contribution is 5.68. The van der Waals surface area contributed by atoms with Gasteiger partial charge in [-0.1, -0.05) is 0 Å². The van der Waals surface area contributed by atoms with Crippen molar-refractivity contribution in [2.24, 2.45) is 0 Å². The molecule has 0 radical (unpaired) electrons. The summed E-state index contributed by atoms with van der Waals surface area (Å²) in [5.41, 5.74) is -0.431. The lowest BCUT2D eigenvalue weighted by atomic mass is 10.2. The Bertz CT molecular complexity index is 328. The first-order valence-electron chi connectivity index (χ1n) is 6.49. The Morgan fingerprint density at radius 3 is 2.83 bits per heavy atom. The fraction of sp³-hybridized carbons (Fsp3) is 0.786. The number of terminal acetylenes is 1. The van der Waals surface area contributed by atoms with E-state index in [0.717, 1.165) is 13.0 Å². The molecule has 1 N–H and O–H groups in total. The number of hydrogen-bond acceptors (Lipinski definition) is 3. The standard InChI is InChI=1S/C14H24N2O2/c1-6-7-11(2)15-12-8-9-16(10-12)13(17)18-14(3,4)5/h1,11-12,15H,7-10H2,2-5H3. The topological polar surface area (TPSA) is 41.6 Å². The van der Waals surface area contributed by atoms with Gasteiger partial charge in [0.1, 0.15) is 5.60 Å². The summed E-state index contributed by atoms with van der Waals surface area (Å²) in [6, 6.07) is 0.611. The van der Waals surface area contributed by atoms with Crippen molar-refractivity contribution in [2.45, 2.75) is 58.2 Å². The Morgan fingerprint density at radius 1 is 1.61 bits per heavy atom. The number of carbonyl (C=O) groups excluding carboxylic acids is 1. The molecule has 0 spiro atoms. The molecule has 1 amide bonds. The lowest BCUT2D eigenvalue weighted by Gasteiger charge is -2.24. The minimum Gasteiger partial charge on any atom is -0.444 e. The average molecular weight is 252 g/mol. The second-order valence-corrected chi connectivity index (χ2v) is 5.89. The molecule has 18 heavy (non-hydrogen) atoms. The van der Waals surface area contributed by atoms with Crippen molar-refractivity contribution in [2.75, 3.05) is 13.1 Å². The van der Waals surface area contributed by atoms with E-state index in [0.29, 0.717) is 25.0 Å². The molecule has 1 fully saturated rings. The minimum absolute atomic E-state index is 0.226. The van der Waals surface area contributed by atoms with Gasteiger partial charge < -0.3 is 15.0 Å². The van der Waals surface area contributed by atoms with Gasteiger partial charge in [0.15, 0.2) is 0 Å². The molecule has 1 aliphatic rings. The Morgan fingerprint density at radius 2 is 2.28 bits per heavy atom. The summed E-state index contributed by atoms with van der Waals surface area (Å²) in [7, 11) is 0. The van der Waals surface area contributed by atoms with Crippen molar-refractivity contribution in [3.63, 3.8) is 0 Å². The van der Waals surface area contributed by atoms with E-state index >= 15 is 0 Å². The first kappa shape index (κ1) is 14.8. The molecule has 1 aliphatic heterocycles. The van der Waals surface area contributed by atoms with E-state index < -0.39 is 5.60 Å². The van der Waals surface area contributed by atoms with E-state index in [4.69, 9.17) is 11.2 Å². The highest BCUT2D eigenvalue weighted by Crippen LogP contribution is 2.15. The number of carbonyl (C=O) groups is 1. The number of ether oxygens (including phenoxy) is 1. The number of likely N-dealkylation sites (tertiary alicyclic amines) is 1. The number of hydrogen-bond donors (Lipinski definition) is 1. The summed E-state index contributed by atoms with van der Waals surface area (Å²) in [5.74, 6) is 2.64. The van der Waals surface area contributed by atoms with Crippen LogP contribution in [0.15, 0.2) is 0 Å². The van der Waals surface area contributed by atoms with Gasteiger partial charge in [-0.3, -0.25) is 0 Å². The van der Waals surface area contributed by atoms with Crippen LogP contribution >= 0.6 is 0 Å². The van der Waals surface area contributed by atoms with Gasteiger partial charge in [0, 0.05) is 31.6 Å². The summed E-state index contributed by atoms with van der Waals surface area (Å²) in [5, 5.41) is 3.44. The zero-order valence-electron chi connectivity index (χ0n) is 11.8. The van der Waals surface area contributed by atoms with Crippen LogP contribution in [0.3, 0.4) is 0 Å². The smallest absolute Gasteiger partial charge is 0.410 e. The maximum Gasteiger partial charge on any atom is 0.410 e. The minimum atomic E-state index is -0.431. The van der Waals surface area contributed by atoms with Gasteiger partial charge in [-0.2, -0.15) is 0 Å². The Labute approximate surface area is 110 Å². The number of amides is 1. The van der Waals surface area contributed by atoms with Crippen LogP contribution in [0.25, 0.3) is 0 Å². The Kier molecular flexibility index (Phi) is 5.03. The van der Waals surface area contributed by atoms with Crippen LogP contribution in [0.5, 0.6) is 0 Å². The second-order valence-electron chi connectivity index (χ2n) is 5.89. The molecule has 4 heteroatoms. The molecule has 0 saturated carbocycles. The van der Waals surface area contributed by atoms with E-state index in [1.54, 1.807) is 4.90 Å². The third-order valence-corrected chi connectivity index (χ3v) is 2.78. The van der Waals surface area contributed by atoms with Gasteiger partial charge in [0.2, 0.25) is 0 Å². The molecule has 0 aliphatic carbocycles. The zero-order valence-corrected chi connectivity index (χ0v) is 11.8. The lowest BCUT2D eigenvalue weighted by Crippen LogP contribution is -2.41. The van der Waals surface area contributed by atoms with Crippen LogP contribution in [0.1, 0.15) is 40.5 Å². The molecule has 4 nitrogen and oxygen atoms in total. The summed E-state index contributed by atoms with van der Waals surface area (Å²) < 4.78 is 5.35. The lowest BCUT2D eigenvalue weighted by molar-refractivity contribution is 0.0290. The van der Waals surface area contributed by atoms with Crippen LogP contribution in [0.2, 0.25) is 0 Å². The molecule has 0 aromatic carbocycles. The SMILES string of the molecule is C#CCC(C)NC1CCN(C(=O)OC(C)(C)C)C1. The van der Waals surface area contributed by atoms with Crippen LogP contribution in [-0.2, 0) is 4.74 Å². The number of nitrogens with one attached hydrogen (secondary N) is 1. The monoisotopic (exact) mass is 252 g/mol. The van der Waals surface area contributed by atoms with Gasteiger partial charge in [-0.15, -0.1) is 12.3 Å². The van der Waals surface area contributed by atoms with E-state index in [9.17, 15) is 4.79 Å². The molecular formula is C14H24N2O2. The van der Waals surface area contributed by atoms with Crippen molar-refractivity contribution >= 4 is 6.09 Å². The van der Waals surface area contributed by atoms with E-state index in [2.05, 4.69) is 18.2 Å².